The van der Waals surface area contributed by atoms with E-state index >= 15 is 0 Å². The molecule has 190 valence electrons. The van der Waals surface area contributed by atoms with Crippen LogP contribution in [0.4, 0.5) is 4.39 Å². The number of nitrogens with two attached hydrogens (primary N) is 1. The summed E-state index contributed by atoms with van der Waals surface area (Å²) in [6.07, 6.45) is 16.1. The van der Waals surface area contributed by atoms with Crippen LogP contribution in [0.25, 0.3) is 5.57 Å². The molecular formula is C29H45ClFN3. The van der Waals surface area contributed by atoms with Crippen LogP contribution < -0.4 is 11.1 Å². The van der Waals surface area contributed by atoms with E-state index in [0.29, 0.717) is 11.6 Å². The predicted molar refractivity (Wildman–Crippen MR) is 150 cm³/mol. The Balaban J connectivity index is 0. The summed E-state index contributed by atoms with van der Waals surface area (Å²) in [5.74, 6) is -0.219. The van der Waals surface area contributed by atoms with E-state index in [1.165, 1.54) is 63.3 Å². The zero-order valence-corrected chi connectivity index (χ0v) is 22.6. The third kappa shape index (κ3) is 17.1. The number of hydrogen-bond acceptors (Lipinski definition) is 3. The summed E-state index contributed by atoms with van der Waals surface area (Å²) in [6, 6.07) is 8.36. The molecule has 1 heterocycles. The Bertz CT molecular complexity index is 803. The molecule has 0 aliphatic heterocycles. The van der Waals surface area contributed by atoms with Crippen LogP contribution in [0.1, 0.15) is 77.3 Å². The molecule has 1 aliphatic carbocycles. The van der Waals surface area contributed by atoms with Crippen LogP contribution in [-0.4, -0.2) is 12.0 Å². The average molecular weight is 490 g/mol. The Labute approximate surface area is 213 Å². The van der Waals surface area contributed by atoms with Gasteiger partial charge in [0.2, 0.25) is 0 Å². The number of aromatic nitrogens is 1. The molecule has 1 saturated carbocycles. The summed E-state index contributed by atoms with van der Waals surface area (Å²) in [5.41, 5.74) is 8.37. The van der Waals surface area contributed by atoms with Gasteiger partial charge >= 0.3 is 0 Å². The van der Waals surface area contributed by atoms with Crippen molar-refractivity contribution >= 4 is 17.2 Å². The third-order valence-electron chi connectivity index (χ3n) is 4.79. The molecule has 1 aliphatic rings. The van der Waals surface area contributed by atoms with Crippen LogP contribution in [-0.2, 0) is 6.54 Å². The topological polar surface area (TPSA) is 50.9 Å². The highest BCUT2D eigenvalue weighted by molar-refractivity contribution is 6.32. The number of nitrogens with zero attached hydrogens (tertiary/aromatic N) is 1. The van der Waals surface area contributed by atoms with Gasteiger partial charge in [-0.3, -0.25) is 4.98 Å². The molecule has 2 aromatic rings. The van der Waals surface area contributed by atoms with Crippen molar-refractivity contribution in [3.05, 3.63) is 95.7 Å². The van der Waals surface area contributed by atoms with E-state index < -0.39 is 0 Å². The fourth-order valence-corrected chi connectivity index (χ4v) is 3.11. The molecule has 1 fully saturated rings. The molecule has 0 radical (unpaired) electrons. The fraction of sp³-hybridized carbons (Fsp3) is 0.414. The maximum atomic E-state index is 12.7. The Hall–Kier alpha value is -2.43. The van der Waals surface area contributed by atoms with Crippen molar-refractivity contribution < 1.29 is 4.39 Å². The zero-order chi connectivity index (χ0) is 26.2. The van der Waals surface area contributed by atoms with Crippen LogP contribution in [0.15, 0.2) is 73.7 Å². The van der Waals surface area contributed by atoms with E-state index in [4.69, 9.17) is 11.6 Å². The summed E-state index contributed by atoms with van der Waals surface area (Å²) >= 11 is 5.89. The minimum atomic E-state index is -0.219. The molecule has 5 heteroatoms. The van der Waals surface area contributed by atoms with Gasteiger partial charge in [0.1, 0.15) is 5.82 Å². The van der Waals surface area contributed by atoms with Crippen molar-refractivity contribution in [2.24, 2.45) is 5.73 Å². The first kappa shape index (κ1) is 33.7. The second-order valence-corrected chi connectivity index (χ2v) is 7.57. The molecule has 0 bridgehead atoms. The first-order valence-electron chi connectivity index (χ1n) is 12.1. The molecule has 34 heavy (non-hydrogen) atoms. The molecular weight excluding hydrogens is 445 g/mol. The highest BCUT2D eigenvalue weighted by Gasteiger charge is 1.99. The number of allylic oxidation sites excluding steroid dienone is 3. The summed E-state index contributed by atoms with van der Waals surface area (Å²) < 4.78 is 12.7. The number of hydrogen-bond donors (Lipinski definition) is 2. The van der Waals surface area contributed by atoms with E-state index in [0.717, 1.165) is 16.8 Å². The molecule has 0 atom stereocenters. The van der Waals surface area contributed by atoms with Crippen LogP contribution in [0.5, 0.6) is 0 Å². The average Bonchev–Trinajstić information content (AvgIpc) is 2.91. The Kier molecular flexibility index (Phi) is 23.5. The number of halogens is 2. The summed E-state index contributed by atoms with van der Waals surface area (Å²) in [7, 11) is 1.50. The Morgan fingerprint density at radius 3 is 2.12 bits per heavy atom. The SMILES string of the molecule is C/C=C(\C)c1ccncc1Cl.C1CCCCC1.C=CC(=C)NCc1cccc(F)c1.CC.CN. The fourth-order valence-electron chi connectivity index (χ4n) is 2.85. The van der Waals surface area contributed by atoms with Crippen molar-refractivity contribution in [3.8, 4) is 0 Å². The molecule has 3 nitrogen and oxygen atoms in total. The summed E-state index contributed by atoms with van der Waals surface area (Å²) in [4.78, 5) is 3.90. The van der Waals surface area contributed by atoms with E-state index in [1.54, 1.807) is 24.5 Å². The number of benzene rings is 1. The van der Waals surface area contributed by atoms with Gasteiger partial charge in [-0.15, -0.1) is 0 Å². The summed E-state index contributed by atoms with van der Waals surface area (Å²) in [5, 5.41) is 3.71. The first-order chi connectivity index (χ1) is 16.5. The zero-order valence-electron chi connectivity index (χ0n) is 21.8. The quantitative estimate of drug-likeness (QED) is 0.413. The van der Waals surface area contributed by atoms with Crippen LogP contribution >= 0.6 is 11.6 Å². The Morgan fingerprint density at radius 1 is 1.12 bits per heavy atom. The van der Waals surface area contributed by atoms with Crippen LogP contribution in [0.3, 0.4) is 0 Å². The molecule has 0 unspecified atom stereocenters. The molecule has 0 spiro atoms. The smallest absolute Gasteiger partial charge is 0.123 e. The van der Waals surface area contributed by atoms with E-state index in [9.17, 15) is 4.39 Å². The molecule has 0 amide bonds. The van der Waals surface area contributed by atoms with Gasteiger partial charge in [-0.05, 0) is 61.9 Å². The minimum absolute atomic E-state index is 0.219. The molecule has 3 N–H and O–H groups in total. The lowest BCUT2D eigenvalue weighted by molar-refractivity contribution is 0.504. The lowest BCUT2D eigenvalue weighted by atomic mass is 10.0. The van der Waals surface area contributed by atoms with Crippen LogP contribution in [0, 0.1) is 5.82 Å². The van der Waals surface area contributed by atoms with Crippen molar-refractivity contribution in [2.75, 3.05) is 7.05 Å². The molecule has 1 aromatic heterocycles. The van der Waals surface area contributed by atoms with Gasteiger partial charge in [-0.25, -0.2) is 4.39 Å². The second-order valence-electron chi connectivity index (χ2n) is 7.16. The van der Waals surface area contributed by atoms with Gasteiger partial charge < -0.3 is 11.1 Å². The second kappa shape index (κ2) is 23.7. The number of nitrogens with one attached hydrogen (secondary N) is 1. The van der Waals surface area contributed by atoms with E-state index in [-0.39, 0.29) is 5.82 Å². The van der Waals surface area contributed by atoms with Gasteiger partial charge in [0, 0.05) is 24.6 Å². The first-order valence-corrected chi connectivity index (χ1v) is 12.5. The summed E-state index contributed by atoms with van der Waals surface area (Å²) in [6.45, 7) is 15.8. The van der Waals surface area contributed by atoms with E-state index in [2.05, 4.69) is 29.2 Å². The number of pyridine rings is 1. The molecule has 3 rings (SSSR count). The van der Waals surface area contributed by atoms with Crippen molar-refractivity contribution in [1.29, 1.82) is 0 Å². The normalized spacial score (nSPS) is 11.9. The van der Waals surface area contributed by atoms with Gasteiger partial charge in [-0.2, -0.15) is 0 Å². The third-order valence-corrected chi connectivity index (χ3v) is 5.09. The van der Waals surface area contributed by atoms with Gasteiger partial charge in [0.05, 0.1) is 5.02 Å². The van der Waals surface area contributed by atoms with Crippen molar-refractivity contribution in [1.82, 2.24) is 10.3 Å². The lowest BCUT2D eigenvalue weighted by Gasteiger charge is -2.05. The van der Waals surface area contributed by atoms with Crippen molar-refractivity contribution in [3.63, 3.8) is 0 Å². The maximum absolute atomic E-state index is 12.7. The molecule has 0 saturated heterocycles. The van der Waals surface area contributed by atoms with E-state index in [1.807, 2.05) is 45.9 Å². The predicted octanol–water partition coefficient (Wildman–Crippen LogP) is 8.71. The molecule has 1 aromatic carbocycles. The van der Waals surface area contributed by atoms with Gasteiger partial charge in [0.15, 0.2) is 0 Å². The number of rotatable bonds is 5. The van der Waals surface area contributed by atoms with Crippen LogP contribution in [0.2, 0.25) is 5.02 Å². The highest BCUT2D eigenvalue weighted by atomic mass is 35.5. The highest BCUT2D eigenvalue weighted by Crippen LogP contribution is 2.21. The lowest BCUT2D eigenvalue weighted by Crippen LogP contribution is -2.09. The monoisotopic (exact) mass is 489 g/mol. The maximum Gasteiger partial charge on any atom is 0.123 e. The van der Waals surface area contributed by atoms with Crippen molar-refractivity contribution in [2.45, 2.75) is 72.8 Å². The van der Waals surface area contributed by atoms with Gasteiger partial charge in [0.25, 0.3) is 0 Å². The Morgan fingerprint density at radius 2 is 1.68 bits per heavy atom. The van der Waals surface area contributed by atoms with Gasteiger partial charge in [-0.1, -0.05) is 95.3 Å². The minimum Gasteiger partial charge on any atom is -0.381 e. The largest absolute Gasteiger partial charge is 0.381 e. The standard InChI is InChI=1S/C11H12FN.C9H10ClN.C6H12.C2H6.CH5N/c1-3-9(2)13-8-10-5-4-6-11(12)7-10;1-3-7(2)8-4-5-11-6-9(8)10;1-2-4-6-5-3-1;2*1-2/h3-7,13H,1-2,8H2;3-6H,1-2H3;1-6H2;1-2H3;2H2,1H3/b;7-3+;;;.